The third-order valence-electron chi connectivity index (χ3n) is 6.12. The van der Waals surface area contributed by atoms with Gasteiger partial charge in [0.05, 0.1) is 12.7 Å². The van der Waals surface area contributed by atoms with Crippen LogP contribution in [0.25, 0.3) is 0 Å². The van der Waals surface area contributed by atoms with Gasteiger partial charge in [-0.05, 0) is 26.7 Å². The van der Waals surface area contributed by atoms with Crippen molar-refractivity contribution in [2.45, 2.75) is 102 Å². The molecule has 0 aromatic heterocycles. The highest BCUT2D eigenvalue weighted by atomic mass is 16.9. The van der Waals surface area contributed by atoms with E-state index in [1.165, 1.54) is 25.7 Å². The maximum atomic E-state index is 11.0. The average molecular weight is 416 g/mol. The zero-order valence-electron chi connectivity index (χ0n) is 18.7. The van der Waals surface area contributed by atoms with E-state index < -0.39 is 23.8 Å². The topological polar surface area (TPSA) is 69.6 Å². The molecule has 3 fully saturated rings. The van der Waals surface area contributed by atoms with E-state index in [9.17, 15) is 5.11 Å². The Labute approximate surface area is 176 Å². The molecule has 0 amide bonds. The summed E-state index contributed by atoms with van der Waals surface area (Å²) < 4.78 is 30.2. The van der Waals surface area contributed by atoms with Gasteiger partial charge in [0, 0.05) is 26.2 Å². The maximum Gasteiger partial charge on any atom is 0.224 e. The standard InChI is InChI=1S/C22H41NO6/c1-5-7-8-9-10-12-25-16-22-20(28-21(3,4)29-22)19(24)18(27-22)15-23-11-13-26-17(6-2)14-23/h17-20,24H,5-16H2,1-4H3/t17?,18-,19+,20-,22-/m0/s1. The Morgan fingerprint density at radius 2 is 1.90 bits per heavy atom. The fraction of sp³-hybridized carbons (Fsp3) is 1.00. The third kappa shape index (κ3) is 5.91. The highest BCUT2D eigenvalue weighted by Gasteiger charge is 2.64. The molecule has 0 aromatic rings. The molecular formula is C22H41NO6. The monoisotopic (exact) mass is 415 g/mol. The first-order valence-electron chi connectivity index (χ1n) is 11.5. The van der Waals surface area contributed by atoms with Crippen molar-refractivity contribution in [1.82, 2.24) is 4.90 Å². The minimum atomic E-state index is -1.03. The quantitative estimate of drug-likeness (QED) is 0.520. The predicted octanol–water partition coefficient (Wildman–Crippen LogP) is 2.69. The van der Waals surface area contributed by atoms with Crippen LogP contribution in [0.4, 0.5) is 0 Å². The van der Waals surface area contributed by atoms with E-state index in [1.54, 1.807) is 0 Å². The number of hydrogen-bond acceptors (Lipinski definition) is 7. The van der Waals surface area contributed by atoms with Gasteiger partial charge in [0.25, 0.3) is 0 Å². The molecule has 7 nitrogen and oxygen atoms in total. The summed E-state index contributed by atoms with van der Waals surface area (Å²) in [6.07, 6.45) is 5.56. The number of unbranched alkanes of at least 4 members (excludes halogenated alkanes) is 4. The highest BCUT2D eigenvalue weighted by Crippen LogP contribution is 2.45. The second-order valence-corrected chi connectivity index (χ2v) is 9.13. The van der Waals surface area contributed by atoms with Crippen molar-refractivity contribution < 1.29 is 28.8 Å². The summed E-state index contributed by atoms with van der Waals surface area (Å²) in [6.45, 7) is 12.1. The van der Waals surface area contributed by atoms with Crippen LogP contribution in [0.1, 0.15) is 66.2 Å². The fourth-order valence-corrected chi connectivity index (χ4v) is 4.60. The summed E-state index contributed by atoms with van der Waals surface area (Å²) in [4.78, 5) is 2.31. The van der Waals surface area contributed by atoms with E-state index in [0.29, 0.717) is 13.2 Å². The molecule has 0 saturated carbocycles. The van der Waals surface area contributed by atoms with Crippen LogP contribution in [0.3, 0.4) is 0 Å². The van der Waals surface area contributed by atoms with Gasteiger partial charge in [0.15, 0.2) is 5.79 Å². The zero-order chi connectivity index (χ0) is 20.9. The van der Waals surface area contributed by atoms with Gasteiger partial charge >= 0.3 is 0 Å². The Balaban J connectivity index is 1.54. The Morgan fingerprint density at radius 1 is 1.10 bits per heavy atom. The lowest BCUT2D eigenvalue weighted by Gasteiger charge is -2.35. The van der Waals surface area contributed by atoms with E-state index in [-0.39, 0.29) is 18.8 Å². The SMILES string of the molecule is CCCCCCCOC[C@@]12O[C@@H](CN3CCOC(CC)C3)[C@@H](O)[C@@H]1OC(C)(C)O2. The predicted molar refractivity (Wildman–Crippen MR) is 110 cm³/mol. The molecule has 0 spiro atoms. The lowest BCUT2D eigenvalue weighted by atomic mass is 10.0. The number of nitrogens with zero attached hydrogens (tertiary/aromatic N) is 1. The van der Waals surface area contributed by atoms with Crippen molar-refractivity contribution in [1.29, 1.82) is 0 Å². The summed E-state index contributed by atoms with van der Waals surface area (Å²) in [5.41, 5.74) is 0. The van der Waals surface area contributed by atoms with Gasteiger partial charge in [-0.2, -0.15) is 0 Å². The number of aliphatic hydroxyl groups excluding tert-OH is 1. The van der Waals surface area contributed by atoms with Crippen molar-refractivity contribution in [3.05, 3.63) is 0 Å². The molecule has 0 bridgehead atoms. The largest absolute Gasteiger partial charge is 0.387 e. The molecule has 5 atom stereocenters. The van der Waals surface area contributed by atoms with Gasteiger partial charge in [0.1, 0.15) is 24.9 Å². The lowest BCUT2D eigenvalue weighted by Crippen LogP contribution is -2.48. The van der Waals surface area contributed by atoms with Crippen LogP contribution in [-0.2, 0) is 23.7 Å². The van der Waals surface area contributed by atoms with Crippen LogP contribution in [-0.4, -0.2) is 85.5 Å². The average Bonchev–Trinajstić information content (AvgIpc) is 3.09. The molecule has 0 aromatic carbocycles. The summed E-state index contributed by atoms with van der Waals surface area (Å²) in [6, 6.07) is 0. The first kappa shape index (κ1) is 23.4. The molecule has 0 aliphatic carbocycles. The van der Waals surface area contributed by atoms with Crippen molar-refractivity contribution in [2.24, 2.45) is 0 Å². The molecule has 3 heterocycles. The number of rotatable bonds is 11. The van der Waals surface area contributed by atoms with Crippen LogP contribution in [0.2, 0.25) is 0 Å². The lowest BCUT2D eigenvalue weighted by molar-refractivity contribution is -0.279. The number of morpholine rings is 1. The van der Waals surface area contributed by atoms with Crippen LogP contribution in [0, 0.1) is 0 Å². The van der Waals surface area contributed by atoms with Gasteiger partial charge in [-0.1, -0.05) is 39.5 Å². The second-order valence-electron chi connectivity index (χ2n) is 9.13. The molecule has 7 heteroatoms. The van der Waals surface area contributed by atoms with Crippen molar-refractivity contribution >= 4 is 0 Å². The molecule has 3 aliphatic heterocycles. The van der Waals surface area contributed by atoms with Gasteiger partial charge < -0.3 is 28.8 Å². The number of fused-ring (bicyclic) bond motifs is 1. The molecule has 3 rings (SSSR count). The van der Waals surface area contributed by atoms with E-state index in [2.05, 4.69) is 18.7 Å². The third-order valence-corrected chi connectivity index (χ3v) is 6.12. The summed E-state index contributed by atoms with van der Waals surface area (Å²) in [5, 5.41) is 11.0. The number of aliphatic hydroxyl groups is 1. The Bertz CT molecular complexity index is 504. The maximum absolute atomic E-state index is 11.0. The molecule has 170 valence electrons. The Kier molecular flexibility index (Phi) is 8.35. The van der Waals surface area contributed by atoms with E-state index in [4.69, 9.17) is 23.7 Å². The van der Waals surface area contributed by atoms with Gasteiger partial charge in [-0.3, -0.25) is 4.90 Å². The van der Waals surface area contributed by atoms with E-state index in [0.717, 1.165) is 32.5 Å². The minimum Gasteiger partial charge on any atom is -0.387 e. The molecule has 29 heavy (non-hydrogen) atoms. The van der Waals surface area contributed by atoms with Gasteiger partial charge in [-0.15, -0.1) is 0 Å². The molecule has 1 N–H and O–H groups in total. The normalized spacial score (nSPS) is 37.1. The fourth-order valence-electron chi connectivity index (χ4n) is 4.60. The van der Waals surface area contributed by atoms with E-state index >= 15 is 0 Å². The molecule has 3 aliphatic rings. The summed E-state index contributed by atoms with van der Waals surface area (Å²) >= 11 is 0. The Hall–Kier alpha value is -0.280. The molecule has 0 radical (unpaired) electrons. The zero-order valence-corrected chi connectivity index (χ0v) is 18.7. The molecule has 3 saturated heterocycles. The first-order chi connectivity index (χ1) is 13.9. The second kappa shape index (κ2) is 10.4. The van der Waals surface area contributed by atoms with Crippen LogP contribution in [0.15, 0.2) is 0 Å². The number of hydrogen-bond donors (Lipinski definition) is 1. The summed E-state index contributed by atoms with van der Waals surface area (Å²) in [5.74, 6) is -1.83. The van der Waals surface area contributed by atoms with Gasteiger partial charge in [-0.25, -0.2) is 0 Å². The van der Waals surface area contributed by atoms with Crippen LogP contribution in [0.5, 0.6) is 0 Å². The molecule has 1 unspecified atom stereocenters. The van der Waals surface area contributed by atoms with E-state index in [1.807, 2.05) is 13.8 Å². The van der Waals surface area contributed by atoms with Crippen molar-refractivity contribution in [3.8, 4) is 0 Å². The van der Waals surface area contributed by atoms with Crippen LogP contribution < -0.4 is 0 Å². The van der Waals surface area contributed by atoms with Gasteiger partial charge in [0.2, 0.25) is 5.79 Å². The first-order valence-corrected chi connectivity index (χ1v) is 11.5. The summed E-state index contributed by atoms with van der Waals surface area (Å²) in [7, 11) is 0. The van der Waals surface area contributed by atoms with Crippen molar-refractivity contribution in [3.63, 3.8) is 0 Å². The Morgan fingerprint density at radius 3 is 2.66 bits per heavy atom. The van der Waals surface area contributed by atoms with Crippen LogP contribution >= 0.6 is 0 Å². The smallest absolute Gasteiger partial charge is 0.224 e. The highest BCUT2D eigenvalue weighted by molar-refractivity contribution is 5.03. The number of ether oxygens (including phenoxy) is 5. The minimum absolute atomic E-state index is 0.248. The van der Waals surface area contributed by atoms with Crippen molar-refractivity contribution in [2.75, 3.05) is 39.5 Å². The molecular weight excluding hydrogens is 374 g/mol.